The number of pyridine rings is 1. The van der Waals surface area contributed by atoms with Crippen LogP contribution in [0.5, 0.6) is 0 Å². The number of aryl methyl sites for hydroxylation is 2. The van der Waals surface area contributed by atoms with Crippen LogP contribution in [0.4, 0.5) is 4.39 Å². The molecule has 1 N–H and O–H groups in total. The van der Waals surface area contributed by atoms with Crippen LogP contribution in [0.15, 0.2) is 36.7 Å². The predicted molar refractivity (Wildman–Crippen MR) is 106 cm³/mol. The normalized spacial score (nSPS) is 10.1. The molecule has 0 atom stereocenters. The lowest BCUT2D eigenvalue weighted by atomic mass is 10.1. The zero-order valence-corrected chi connectivity index (χ0v) is 17.5. The largest absolute Gasteiger partial charge is 0.305 e. The van der Waals surface area contributed by atoms with Gasteiger partial charge in [-0.05, 0) is 70.9 Å². The minimum Gasteiger partial charge on any atom is -0.305 e. The fraction of sp³-hybridized carbons (Fsp3) is 0.476. The molecule has 0 bridgehead atoms. The van der Waals surface area contributed by atoms with Crippen molar-refractivity contribution in [2.45, 2.75) is 40.8 Å². The van der Waals surface area contributed by atoms with Gasteiger partial charge in [-0.1, -0.05) is 19.9 Å². The summed E-state index contributed by atoms with van der Waals surface area (Å²) in [6.07, 6.45) is 3.36. The molecule has 0 aliphatic heterocycles. The number of hydrogen-bond donors (Lipinski definition) is 1. The molecule has 0 aliphatic rings. The Balaban J connectivity index is 0.000000439. The van der Waals surface area contributed by atoms with Gasteiger partial charge in [0.15, 0.2) is 0 Å². The van der Waals surface area contributed by atoms with Crippen molar-refractivity contribution in [2.75, 3.05) is 28.2 Å². The van der Waals surface area contributed by atoms with E-state index in [-0.39, 0.29) is 5.82 Å². The Morgan fingerprint density at radius 2 is 1.38 bits per heavy atom. The van der Waals surface area contributed by atoms with E-state index in [2.05, 4.69) is 4.90 Å². The Morgan fingerprint density at radius 1 is 0.885 bits per heavy atom. The lowest BCUT2D eigenvalue weighted by Crippen LogP contribution is -2.30. The number of halogens is 1. The maximum Gasteiger partial charge on any atom is 0.227 e. The Bertz CT molecular complexity index is 600. The van der Waals surface area contributed by atoms with E-state index in [0.29, 0.717) is 0 Å². The summed E-state index contributed by atoms with van der Waals surface area (Å²) >= 11 is 0. The quantitative estimate of drug-likeness (QED) is 0.661. The van der Waals surface area contributed by atoms with Crippen LogP contribution in [0.2, 0.25) is 0 Å². The van der Waals surface area contributed by atoms with Gasteiger partial charge in [-0.25, -0.2) is 4.39 Å². The smallest absolute Gasteiger partial charge is 0.227 e. The second-order valence-electron chi connectivity index (χ2n) is 6.58. The number of nitrogens with zero attached hydrogens (tertiary/aromatic N) is 3. The van der Waals surface area contributed by atoms with Gasteiger partial charge in [-0.15, -0.1) is 0 Å². The van der Waals surface area contributed by atoms with Gasteiger partial charge in [0.25, 0.3) is 0 Å². The Hall–Kier alpha value is -1.98. The number of hydrogen-bond acceptors (Lipinski definition) is 3. The van der Waals surface area contributed by atoms with Crippen molar-refractivity contribution in [3.8, 4) is 0 Å². The maximum atomic E-state index is 12.8. The van der Waals surface area contributed by atoms with E-state index in [9.17, 15) is 4.39 Å². The molecule has 0 radical (unpaired) electrons. The molecule has 26 heavy (non-hydrogen) atoms. The van der Waals surface area contributed by atoms with Crippen LogP contribution < -0.4 is 4.73 Å². The molecule has 0 aliphatic carbocycles. The van der Waals surface area contributed by atoms with Crippen molar-refractivity contribution in [1.82, 2.24) is 9.80 Å². The summed E-state index contributed by atoms with van der Waals surface area (Å²) in [5.41, 5.74) is 4.55. The van der Waals surface area contributed by atoms with Gasteiger partial charge in [-0.2, -0.15) is 0 Å². The highest BCUT2D eigenvalue weighted by molar-refractivity contribution is 5.26. The van der Waals surface area contributed by atoms with Gasteiger partial charge < -0.3 is 9.80 Å². The SMILES string of the molecule is CC.Cc1cc[n+](O)cc1CN(C)C.Cc1ccc(F)cc1CN(C)C. The van der Waals surface area contributed by atoms with Gasteiger partial charge in [0, 0.05) is 29.4 Å². The summed E-state index contributed by atoms with van der Waals surface area (Å²) in [4.78, 5) is 4.10. The van der Waals surface area contributed by atoms with Crippen LogP contribution in [0.1, 0.15) is 36.1 Å². The third-order valence-corrected chi connectivity index (χ3v) is 3.56. The van der Waals surface area contributed by atoms with Crippen LogP contribution >= 0.6 is 0 Å². The van der Waals surface area contributed by atoms with Crippen molar-refractivity contribution < 1.29 is 14.3 Å². The maximum absolute atomic E-state index is 12.8. The van der Waals surface area contributed by atoms with E-state index in [0.717, 1.165) is 34.5 Å². The molecule has 0 saturated carbocycles. The van der Waals surface area contributed by atoms with Crippen molar-refractivity contribution >= 4 is 0 Å². The van der Waals surface area contributed by atoms with Gasteiger partial charge in [0.1, 0.15) is 5.82 Å². The first kappa shape index (κ1) is 24.0. The standard InChI is InChI=1S/C10H14FN.C9H15N2O.C2H6/c1-8-4-5-10(11)6-9(8)7-12(2)3;1-8-4-5-11(12)7-9(8)6-10(2)3;1-2/h4-6H,7H2,1-3H3;4-5,7,12H,6H2,1-3H3;1-2H3/q;+1;. The second-order valence-corrected chi connectivity index (χ2v) is 6.58. The fourth-order valence-corrected chi connectivity index (χ4v) is 2.26. The summed E-state index contributed by atoms with van der Waals surface area (Å²) in [7, 11) is 7.97. The Morgan fingerprint density at radius 3 is 1.92 bits per heavy atom. The molecular formula is C21H35FN3O+. The lowest BCUT2D eigenvalue weighted by Gasteiger charge is -2.11. The summed E-state index contributed by atoms with van der Waals surface area (Å²) < 4.78 is 13.9. The highest BCUT2D eigenvalue weighted by atomic mass is 19.1. The van der Waals surface area contributed by atoms with E-state index in [1.165, 1.54) is 11.6 Å². The van der Waals surface area contributed by atoms with Crippen LogP contribution in [-0.2, 0) is 13.1 Å². The van der Waals surface area contributed by atoms with Gasteiger partial charge in [0.05, 0.1) is 0 Å². The van der Waals surface area contributed by atoms with Crippen LogP contribution in [-0.4, -0.2) is 43.2 Å². The predicted octanol–water partition coefficient (Wildman–Crippen LogP) is 3.80. The van der Waals surface area contributed by atoms with E-state index in [1.807, 2.05) is 72.9 Å². The summed E-state index contributed by atoms with van der Waals surface area (Å²) in [6.45, 7) is 9.69. The van der Waals surface area contributed by atoms with Crippen molar-refractivity contribution in [3.05, 3.63) is 64.7 Å². The fourth-order valence-electron chi connectivity index (χ4n) is 2.26. The molecule has 1 aromatic heterocycles. The molecule has 146 valence electrons. The molecule has 1 heterocycles. The molecule has 0 amide bonds. The van der Waals surface area contributed by atoms with Gasteiger partial charge in [0.2, 0.25) is 12.4 Å². The molecule has 0 fully saturated rings. The van der Waals surface area contributed by atoms with Crippen molar-refractivity contribution in [2.24, 2.45) is 0 Å². The van der Waals surface area contributed by atoms with Gasteiger partial charge in [-0.3, -0.25) is 5.21 Å². The number of aromatic nitrogens is 1. The number of benzene rings is 1. The molecule has 0 saturated heterocycles. The molecule has 0 spiro atoms. The first-order chi connectivity index (χ1) is 12.2. The molecule has 2 rings (SSSR count). The molecule has 4 nitrogen and oxygen atoms in total. The highest BCUT2D eigenvalue weighted by Gasteiger charge is 2.05. The second kappa shape index (κ2) is 12.4. The molecule has 2 aromatic rings. The van der Waals surface area contributed by atoms with Crippen molar-refractivity contribution in [3.63, 3.8) is 0 Å². The number of rotatable bonds is 4. The van der Waals surface area contributed by atoms with Gasteiger partial charge >= 0.3 is 0 Å². The highest BCUT2D eigenvalue weighted by Crippen LogP contribution is 2.11. The van der Waals surface area contributed by atoms with E-state index in [4.69, 9.17) is 5.21 Å². The minimum absolute atomic E-state index is 0.155. The van der Waals surface area contributed by atoms with E-state index < -0.39 is 0 Å². The average Bonchev–Trinajstić information content (AvgIpc) is 2.56. The summed E-state index contributed by atoms with van der Waals surface area (Å²) in [6, 6.07) is 6.80. The zero-order valence-electron chi connectivity index (χ0n) is 17.5. The minimum atomic E-state index is -0.155. The molecule has 0 unspecified atom stereocenters. The topological polar surface area (TPSA) is 30.6 Å². The monoisotopic (exact) mass is 364 g/mol. The lowest BCUT2D eigenvalue weighted by molar-refractivity contribution is -0.905. The molecular weight excluding hydrogens is 329 g/mol. The molecule has 5 heteroatoms. The Labute approximate surface area is 158 Å². The van der Waals surface area contributed by atoms with Crippen LogP contribution in [0, 0.1) is 19.7 Å². The summed E-state index contributed by atoms with van der Waals surface area (Å²) in [5, 5.41) is 9.15. The summed E-state index contributed by atoms with van der Waals surface area (Å²) in [5.74, 6) is -0.155. The molecule has 1 aromatic carbocycles. The first-order valence-electron chi connectivity index (χ1n) is 8.93. The van der Waals surface area contributed by atoms with Crippen LogP contribution in [0.25, 0.3) is 0 Å². The Kier molecular flexibility index (Phi) is 11.4. The third-order valence-electron chi connectivity index (χ3n) is 3.56. The van der Waals surface area contributed by atoms with Crippen LogP contribution in [0.3, 0.4) is 0 Å². The average molecular weight is 365 g/mol. The van der Waals surface area contributed by atoms with E-state index >= 15 is 0 Å². The van der Waals surface area contributed by atoms with Crippen molar-refractivity contribution in [1.29, 1.82) is 0 Å². The zero-order chi connectivity index (χ0) is 20.3. The van der Waals surface area contributed by atoms with E-state index in [1.54, 1.807) is 18.5 Å². The third kappa shape index (κ3) is 9.49. The first-order valence-corrected chi connectivity index (χ1v) is 8.93.